The van der Waals surface area contributed by atoms with Crippen LogP contribution in [0.3, 0.4) is 0 Å². The van der Waals surface area contributed by atoms with Gasteiger partial charge in [-0.15, -0.1) is 0 Å². The SMILES string of the molecule is COC(=O)CCc1c[nH]c2cc(OC(=O)N(C)c3ccc(C)cc3)ccc12. The van der Waals surface area contributed by atoms with E-state index in [9.17, 15) is 9.59 Å². The molecule has 0 saturated carbocycles. The molecule has 0 spiro atoms. The summed E-state index contributed by atoms with van der Waals surface area (Å²) in [6.45, 7) is 1.99. The number of nitrogens with one attached hydrogen (secondary N) is 1. The van der Waals surface area contributed by atoms with Crippen molar-refractivity contribution in [3.63, 3.8) is 0 Å². The molecule has 27 heavy (non-hydrogen) atoms. The lowest BCUT2D eigenvalue weighted by atomic mass is 10.1. The van der Waals surface area contributed by atoms with Gasteiger partial charge in [0.1, 0.15) is 5.75 Å². The number of benzene rings is 2. The Kier molecular flexibility index (Phi) is 5.45. The van der Waals surface area contributed by atoms with Crippen LogP contribution in [0.2, 0.25) is 0 Å². The minimum atomic E-state index is -0.462. The largest absolute Gasteiger partial charge is 0.469 e. The Balaban J connectivity index is 1.71. The number of aromatic amines is 1. The molecule has 1 heterocycles. The number of H-pyrrole nitrogens is 1. The maximum absolute atomic E-state index is 12.4. The van der Waals surface area contributed by atoms with Gasteiger partial charge in [-0.3, -0.25) is 9.69 Å². The summed E-state index contributed by atoms with van der Waals surface area (Å²) in [6.07, 6.45) is 2.30. The molecule has 6 nitrogen and oxygen atoms in total. The number of ether oxygens (including phenoxy) is 2. The number of rotatable bonds is 5. The molecule has 3 rings (SSSR count). The fraction of sp³-hybridized carbons (Fsp3) is 0.238. The smallest absolute Gasteiger partial charge is 0.419 e. The quantitative estimate of drug-likeness (QED) is 0.687. The summed E-state index contributed by atoms with van der Waals surface area (Å²) in [5.74, 6) is 0.210. The van der Waals surface area contributed by atoms with Crippen LogP contribution in [0, 0.1) is 6.92 Å². The number of anilines is 1. The van der Waals surface area contributed by atoms with Crippen molar-refractivity contribution in [3.05, 3.63) is 59.8 Å². The highest BCUT2D eigenvalue weighted by atomic mass is 16.6. The van der Waals surface area contributed by atoms with Crippen molar-refractivity contribution < 1.29 is 19.1 Å². The molecule has 140 valence electrons. The molecule has 0 saturated heterocycles. The third kappa shape index (κ3) is 4.28. The predicted octanol–water partition coefficient (Wildman–Crippen LogP) is 4.22. The second kappa shape index (κ2) is 7.95. The molecule has 0 unspecified atom stereocenters. The molecule has 0 radical (unpaired) electrons. The molecule has 0 fully saturated rings. The number of amides is 1. The number of fused-ring (bicyclic) bond motifs is 1. The summed E-state index contributed by atoms with van der Waals surface area (Å²) in [7, 11) is 3.05. The van der Waals surface area contributed by atoms with Crippen LogP contribution in [0.4, 0.5) is 10.5 Å². The third-order valence-electron chi connectivity index (χ3n) is 4.47. The monoisotopic (exact) mass is 366 g/mol. The van der Waals surface area contributed by atoms with Crippen LogP contribution in [-0.4, -0.2) is 31.2 Å². The molecule has 0 aliphatic heterocycles. The molecule has 0 bridgehead atoms. The standard InChI is InChI=1S/C21H22N2O4/c1-14-4-7-16(8-5-14)23(2)21(25)27-17-9-10-18-15(6-11-20(24)26-3)13-22-19(18)12-17/h4-5,7-10,12-13,22H,6,11H2,1-3H3. The summed E-state index contributed by atoms with van der Waals surface area (Å²) >= 11 is 0. The average molecular weight is 366 g/mol. The molecule has 0 aliphatic rings. The number of esters is 1. The van der Waals surface area contributed by atoms with E-state index >= 15 is 0 Å². The van der Waals surface area contributed by atoms with Crippen LogP contribution in [0.5, 0.6) is 5.75 Å². The van der Waals surface area contributed by atoms with Crippen molar-refractivity contribution in [1.29, 1.82) is 0 Å². The normalized spacial score (nSPS) is 10.6. The molecular weight excluding hydrogens is 344 g/mol. The van der Waals surface area contributed by atoms with Gasteiger partial charge in [0.05, 0.1) is 7.11 Å². The molecule has 6 heteroatoms. The first-order valence-corrected chi connectivity index (χ1v) is 8.67. The lowest BCUT2D eigenvalue weighted by Gasteiger charge is -2.17. The van der Waals surface area contributed by atoms with Crippen molar-refractivity contribution in [3.8, 4) is 5.75 Å². The van der Waals surface area contributed by atoms with Gasteiger partial charge in [-0.25, -0.2) is 4.79 Å². The fourth-order valence-electron chi connectivity index (χ4n) is 2.82. The van der Waals surface area contributed by atoms with Gasteiger partial charge in [-0.2, -0.15) is 0 Å². The highest BCUT2D eigenvalue weighted by Gasteiger charge is 2.14. The Morgan fingerprint density at radius 3 is 2.56 bits per heavy atom. The topological polar surface area (TPSA) is 71.6 Å². The van der Waals surface area contributed by atoms with Crippen molar-refractivity contribution in [1.82, 2.24) is 4.98 Å². The molecule has 0 aliphatic carbocycles. The second-order valence-corrected chi connectivity index (χ2v) is 6.36. The molecule has 2 aromatic carbocycles. The summed E-state index contributed by atoms with van der Waals surface area (Å²) in [6, 6.07) is 13.0. The zero-order valence-electron chi connectivity index (χ0n) is 15.6. The first-order valence-electron chi connectivity index (χ1n) is 8.67. The number of hydrogen-bond acceptors (Lipinski definition) is 4. The second-order valence-electron chi connectivity index (χ2n) is 6.36. The first-order chi connectivity index (χ1) is 13.0. The number of nitrogens with zero attached hydrogens (tertiary/aromatic N) is 1. The van der Waals surface area contributed by atoms with E-state index < -0.39 is 6.09 Å². The van der Waals surface area contributed by atoms with E-state index in [1.807, 2.05) is 43.5 Å². The number of carbonyl (C=O) groups is 2. The van der Waals surface area contributed by atoms with Crippen molar-refractivity contribution in [2.45, 2.75) is 19.8 Å². The minimum absolute atomic E-state index is 0.242. The van der Waals surface area contributed by atoms with Gasteiger partial charge in [0.2, 0.25) is 0 Å². The number of aromatic nitrogens is 1. The van der Waals surface area contributed by atoms with E-state index in [2.05, 4.69) is 9.72 Å². The van der Waals surface area contributed by atoms with Crippen LogP contribution < -0.4 is 9.64 Å². The van der Waals surface area contributed by atoms with Gasteiger partial charge in [0.15, 0.2) is 0 Å². The Labute approximate surface area is 157 Å². The summed E-state index contributed by atoms with van der Waals surface area (Å²) in [5, 5.41) is 0.991. The molecule has 1 aromatic heterocycles. The molecular formula is C21H22N2O4. The van der Waals surface area contributed by atoms with E-state index in [1.54, 1.807) is 19.2 Å². The Morgan fingerprint density at radius 2 is 1.85 bits per heavy atom. The zero-order chi connectivity index (χ0) is 19.4. The van der Waals surface area contributed by atoms with Crippen LogP contribution in [-0.2, 0) is 16.0 Å². The lowest BCUT2D eigenvalue weighted by Crippen LogP contribution is -2.29. The summed E-state index contributed by atoms with van der Waals surface area (Å²) in [5.41, 5.74) is 3.75. The molecule has 1 amide bonds. The number of methoxy groups -OCH3 is 1. The Bertz CT molecular complexity index is 960. The lowest BCUT2D eigenvalue weighted by molar-refractivity contribution is -0.140. The Hall–Kier alpha value is -3.28. The third-order valence-corrected chi connectivity index (χ3v) is 4.47. The Morgan fingerprint density at radius 1 is 1.11 bits per heavy atom. The van der Waals surface area contributed by atoms with Crippen LogP contribution in [0.1, 0.15) is 17.5 Å². The summed E-state index contributed by atoms with van der Waals surface area (Å²) in [4.78, 5) is 28.3. The highest BCUT2D eigenvalue weighted by Crippen LogP contribution is 2.25. The van der Waals surface area contributed by atoms with E-state index in [-0.39, 0.29) is 5.97 Å². The van der Waals surface area contributed by atoms with E-state index in [0.717, 1.165) is 27.7 Å². The summed E-state index contributed by atoms with van der Waals surface area (Å²) < 4.78 is 10.2. The van der Waals surface area contributed by atoms with Gasteiger partial charge in [-0.05, 0) is 43.2 Å². The van der Waals surface area contributed by atoms with Gasteiger partial charge < -0.3 is 14.5 Å². The van der Waals surface area contributed by atoms with Gasteiger partial charge >= 0.3 is 12.1 Å². The molecule has 3 aromatic rings. The number of carbonyl (C=O) groups excluding carboxylic acids is 2. The van der Waals surface area contributed by atoms with E-state index in [4.69, 9.17) is 4.74 Å². The average Bonchev–Trinajstić information content (AvgIpc) is 3.08. The maximum atomic E-state index is 12.4. The highest BCUT2D eigenvalue weighted by molar-refractivity contribution is 5.90. The fourth-order valence-corrected chi connectivity index (χ4v) is 2.82. The number of hydrogen-bond donors (Lipinski definition) is 1. The number of aryl methyl sites for hydroxylation is 2. The van der Waals surface area contributed by atoms with Gasteiger partial charge in [-0.1, -0.05) is 17.7 Å². The van der Waals surface area contributed by atoms with Gasteiger partial charge in [0.25, 0.3) is 0 Å². The van der Waals surface area contributed by atoms with Crippen molar-refractivity contribution in [2.24, 2.45) is 0 Å². The molecule has 1 N–H and O–H groups in total. The van der Waals surface area contributed by atoms with Crippen LogP contribution in [0.25, 0.3) is 10.9 Å². The minimum Gasteiger partial charge on any atom is -0.469 e. The van der Waals surface area contributed by atoms with E-state index in [0.29, 0.717) is 18.6 Å². The van der Waals surface area contributed by atoms with Gasteiger partial charge in [0, 0.05) is 42.3 Å². The predicted molar refractivity (Wildman–Crippen MR) is 104 cm³/mol. The zero-order valence-corrected chi connectivity index (χ0v) is 15.6. The first kappa shape index (κ1) is 18.5. The van der Waals surface area contributed by atoms with Crippen molar-refractivity contribution >= 4 is 28.7 Å². The van der Waals surface area contributed by atoms with Crippen LogP contribution in [0.15, 0.2) is 48.7 Å². The molecule has 0 atom stereocenters. The van der Waals surface area contributed by atoms with E-state index in [1.165, 1.54) is 12.0 Å². The van der Waals surface area contributed by atoms with Crippen LogP contribution >= 0.6 is 0 Å². The van der Waals surface area contributed by atoms with Crippen molar-refractivity contribution in [2.75, 3.05) is 19.1 Å². The maximum Gasteiger partial charge on any atom is 0.419 e.